The Morgan fingerprint density at radius 1 is 1.15 bits per heavy atom. The number of nitrogens with one attached hydrogen (secondary N) is 1. The third-order valence-electron chi connectivity index (χ3n) is 4.75. The lowest BCUT2D eigenvalue weighted by molar-refractivity contribution is -0.117. The number of aromatic nitrogens is 4. The van der Waals surface area contributed by atoms with Crippen molar-refractivity contribution in [2.45, 2.75) is 24.2 Å². The van der Waals surface area contributed by atoms with E-state index in [9.17, 15) is 14.4 Å². The lowest BCUT2D eigenvalue weighted by Gasteiger charge is -2.10. The maximum Gasteiger partial charge on any atom is 0.350 e. The molecule has 9 nitrogen and oxygen atoms in total. The number of benzene rings is 2. The molecular formula is C23H20ClN5O4S. The van der Waals surface area contributed by atoms with Gasteiger partial charge in [0.25, 0.3) is 0 Å². The Morgan fingerprint density at radius 3 is 2.68 bits per heavy atom. The van der Waals surface area contributed by atoms with E-state index < -0.39 is 17.6 Å². The van der Waals surface area contributed by atoms with E-state index in [0.29, 0.717) is 27.1 Å². The van der Waals surface area contributed by atoms with Crippen LogP contribution in [-0.4, -0.2) is 37.6 Å². The molecule has 0 aliphatic carbocycles. The Bertz CT molecular complexity index is 1400. The zero-order valence-electron chi connectivity index (χ0n) is 18.1. The number of thioether (sulfide) groups is 1. The van der Waals surface area contributed by atoms with Gasteiger partial charge in [0.05, 0.1) is 17.9 Å². The fourth-order valence-electron chi connectivity index (χ4n) is 3.17. The molecule has 0 spiro atoms. The molecule has 0 aliphatic heterocycles. The van der Waals surface area contributed by atoms with Crippen molar-refractivity contribution in [2.75, 3.05) is 11.9 Å². The van der Waals surface area contributed by atoms with Gasteiger partial charge in [0.1, 0.15) is 11.6 Å². The van der Waals surface area contributed by atoms with Crippen LogP contribution >= 0.6 is 23.4 Å². The van der Waals surface area contributed by atoms with E-state index in [1.54, 1.807) is 31.2 Å². The number of esters is 1. The van der Waals surface area contributed by atoms with Crippen molar-refractivity contribution in [3.63, 3.8) is 0 Å². The first kappa shape index (κ1) is 23.5. The van der Waals surface area contributed by atoms with E-state index in [1.165, 1.54) is 28.6 Å². The number of anilines is 1. The Hall–Kier alpha value is -3.63. The molecule has 2 aromatic carbocycles. The van der Waals surface area contributed by atoms with Crippen LogP contribution in [0.2, 0.25) is 5.02 Å². The van der Waals surface area contributed by atoms with Gasteiger partial charge >= 0.3 is 11.7 Å². The first-order chi connectivity index (χ1) is 16.5. The molecule has 0 fully saturated rings. The van der Waals surface area contributed by atoms with Gasteiger partial charge in [-0.1, -0.05) is 47.6 Å². The number of hydrogen-bond donors (Lipinski definition) is 1. The molecule has 0 saturated heterocycles. The molecule has 2 aromatic heterocycles. The van der Waals surface area contributed by atoms with Crippen LogP contribution in [0.15, 0.2) is 70.7 Å². The summed E-state index contributed by atoms with van der Waals surface area (Å²) in [5.74, 6) is -0.446. The molecule has 0 bridgehead atoms. The van der Waals surface area contributed by atoms with Crippen molar-refractivity contribution < 1.29 is 14.3 Å². The van der Waals surface area contributed by atoms with Gasteiger partial charge < -0.3 is 10.1 Å². The summed E-state index contributed by atoms with van der Waals surface area (Å²) in [4.78, 5) is 41.9. The van der Waals surface area contributed by atoms with Gasteiger partial charge in [0, 0.05) is 23.2 Å². The second-order valence-electron chi connectivity index (χ2n) is 7.10. The molecule has 0 unspecified atom stereocenters. The summed E-state index contributed by atoms with van der Waals surface area (Å²) < 4.78 is 7.43. The van der Waals surface area contributed by atoms with Crippen LogP contribution in [-0.2, 0) is 21.8 Å². The minimum Gasteiger partial charge on any atom is -0.462 e. The Morgan fingerprint density at radius 2 is 1.91 bits per heavy atom. The zero-order valence-corrected chi connectivity index (χ0v) is 19.7. The van der Waals surface area contributed by atoms with Crippen molar-refractivity contribution in [3.8, 4) is 0 Å². The van der Waals surface area contributed by atoms with Crippen LogP contribution in [0.3, 0.4) is 0 Å². The maximum absolute atomic E-state index is 12.8. The van der Waals surface area contributed by atoms with Crippen LogP contribution in [0.4, 0.5) is 5.69 Å². The number of carbonyl (C=O) groups is 2. The standard InChI is InChI=1S/C23H20ClN5O4S/c1-2-33-22(31)17-5-3-4-6-18(17)26-19(30)13-29-23(32)28-12-11-25-21(20(28)27-29)34-14-15-7-9-16(24)10-8-15/h3-12H,2,13-14H2,1H3,(H,26,30). The van der Waals surface area contributed by atoms with Crippen molar-refractivity contribution >= 4 is 46.6 Å². The fraction of sp³-hybridized carbons (Fsp3) is 0.174. The summed E-state index contributed by atoms with van der Waals surface area (Å²) >= 11 is 7.35. The molecule has 0 radical (unpaired) electrons. The summed E-state index contributed by atoms with van der Waals surface area (Å²) in [6.07, 6.45) is 3.02. The highest BCUT2D eigenvalue weighted by atomic mass is 35.5. The second kappa shape index (κ2) is 10.5. The van der Waals surface area contributed by atoms with E-state index in [4.69, 9.17) is 16.3 Å². The molecule has 11 heteroatoms. The van der Waals surface area contributed by atoms with Crippen LogP contribution in [0.25, 0.3) is 5.65 Å². The average molecular weight is 498 g/mol. The molecule has 0 saturated carbocycles. The summed E-state index contributed by atoms with van der Waals surface area (Å²) in [7, 11) is 0. The van der Waals surface area contributed by atoms with Crippen LogP contribution < -0.4 is 11.0 Å². The van der Waals surface area contributed by atoms with Crippen LogP contribution in [0.5, 0.6) is 0 Å². The van der Waals surface area contributed by atoms with Crippen molar-refractivity contribution in [2.24, 2.45) is 0 Å². The number of carbonyl (C=O) groups excluding carboxylic acids is 2. The summed E-state index contributed by atoms with van der Waals surface area (Å²) in [5.41, 5.74) is 1.44. The highest BCUT2D eigenvalue weighted by Gasteiger charge is 2.17. The number of para-hydroxylation sites is 1. The second-order valence-corrected chi connectivity index (χ2v) is 8.50. The SMILES string of the molecule is CCOC(=O)c1ccccc1NC(=O)Cn1nc2c(SCc3ccc(Cl)cc3)nccn2c1=O. The smallest absolute Gasteiger partial charge is 0.350 e. The first-order valence-electron chi connectivity index (χ1n) is 10.3. The molecule has 1 N–H and O–H groups in total. The van der Waals surface area contributed by atoms with E-state index in [2.05, 4.69) is 15.4 Å². The maximum atomic E-state index is 12.8. The lowest BCUT2D eigenvalue weighted by Crippen LogP contribution is -2.28. The summed E-state index contributed by atoms with van der Waals surface area (Å²) in [6, 6.07) is 14.0. The third-order valence-corrected chi connectivity index (χ3v) is 6.04. The number of rotatable bonds is 8. The predicted molar refractivity (Wildman–Crippen MR) is 129 cm³/mol. The number of fused-ring (bicyclic) bond motifs is 1. The molecule has 174 valence electrons. The average Bonchev–Trinajstić information content (AvgIpc) is 3.15. The van der Waals surface area contributed by atoms with Crippen molar-refractivity contribution in [3.05, 3.63) is 87.6 Å². The number of nitrogens with zero attached hydrogens (tertiary/aromatic N) is 4. The molecule has 4 rings (SSSR count). The van der Waals surface area contributed by atoms with Gasteiger partial charge in [0.2, 0.25) is 5.91 Å². The molecule has 1 amide bonds. The molecular weight excluding hydrogens is 478 g/mol. The van der Waals surface area contributed by atoms with E-state index >= 15 is 0 Å². The van der Waals surface area contributed by atoms with E-state index in [0.717, 1.165) is 10.2 Å². The zero-order chi connectivity index (χ0) is 24.1. The highest BCUT2D eigenvalue weighted by Crippen LogP contribution is 2.24. The Kier molecular flexibility index (Phi) is 7.29. The van der Waals surface area contributed by atoms with Gasteiger partial charge in [-0.2, -0.15) is 0 Å². The van der Waals surface area contributed by atoms with Gasteiger partial charge in [-0.25, -0.2) is 23.7 Å². The minimum atomic E-state index is -0.545. The topological polar surface area (TPSA) is 108 Å². The summed E-state index contributed by atoms with van der Waals surface area (Å²) in [5, 5.41) is 8.18. The first-order valence-corrected chi connectivity index (χ1v) is 11.7. The molecule has 0 aliphatic rings. The molecule has 4 aromatic rings. The normalized spacial score (nSPS) is 10.9. The number of hydrogen-bond acceptors (Lipinski definition) is 7. The highest BCUT2D eigenvalue weighted by molar-refractivity contribution is 7.98. The number of amides is 1. The summed E-state index contributed by atoms with van der Waals surface area (Å²) in [6.45, 7) is 1.58. The Balaban J connectivity index is 1.52. The van der Waals surface area contributed by atoms with Crippen LogP contribution in [0, 0.1) is 0 Å². The molecule has 34 heavy (non-hydrogen) atoms. The van der Waals surface area contributed by atoms with E-state index in [-0.39, 0.29) is 18.7 Å². The molecule has 0 atom stereocenters. The number of halogens is 1. The van der Waals surface area contributed by atoms with E-state index in [1.807, 2.05) is 24.3 Å². The third kappa shape index (κ3) is 5.29. The van der Waals surface area contributed by atoms with Gasteiger partial charge in [-0.15, -0.1) is 5.10 Å². The minimum absolute atomic E-state index is 0.212. The lowest BCUT2D eigenvalue weighted by atomic mass is 10.2. The Labute approximate surface area is 203 Å². The monoisotopic (exact) mass is 497 g/mol. The van der Waals surface area contributed by atoms with Gasteiger partial charge in [-0.3, -0.25) is 4.79 Å². The van der Waals surface area contributed by atoms with Crippen molar-refractivity contribution in [1.29, 1.82) is 0 Å². The quantitative estimate of drug-likeness (QED) is 0.292. The number of ether oxygens (including phenoxy) is 1. The van der Waals surface area contributed by atoms with Gasteiger partial charge in [-0.05, 0) is 36.8 Å². The van der Waals surface area contributed by atoms with Gasteiger partial charge in [0.15, 0.2) is 5.65 Å². The molecule has 2 heterocycles. The fourth-order valence-corrected chi connectivity index (χ4v) is 4.19. The van der Waals surface area contributed by atoms with Crippen LogP contribution in [0.1, 0.15) is 22.8 Å². The van der Waals surface area contributed by atoms with Crippen molar-refractivity contribution in [1.82, 2.24) is 19.2 Å². The largest absolute Gasteiger partial charge is 0.462 e. The predicted octanol–water partition coefficient (Wildman–Crippen LogP) is 3.65.